The van der Waals surface area contributed by atoms with E-state index in [1.54, 1.807) is 16.8 Å². The van der Waals surface area contributed by atoms with Crippen molar-refractivity contribution in [3.63, 3.8) is 0 Å². The van der Waals surface area contributed by atoms with Gasteiger partial charge in [0.2, 0.25) is 5.75 Å². The number of aromatic nitrogens is 2. The molecule has 0 saturated carbocycles. The third-order valence-electron chi connectivity index (χ3n) is 5.35. The van der Waals surface area contributed by atoms with E-state index >= 15 is 0 Å². The zero-order valence-corrected chi connectivity index (χ0v) is 20.7. The summed E-state index contributed by atoms with van der Waals surface area (Å²) in [5.41, 5.74) is 3.84. The third kappa shape index (κ3) is 4.79. The summed E-state index contributed by atoms with van der Waals surface area (Å²) in [6, 6.07) is 11.2. The van der Waals surface area contributed by atoms with Crippen molar-refractivity contribution in [2.24, 2.45) is 0 Å². The van der Waals surface area contributed by atoms with Crippen molar-refractivity contribution < 1.29 is 23.2 Å². The van der Waals surface area contributed by atoms with E-state index in [1.165, 1.54) is 0 Å². The average Bonchev–Trinajstić information content (AvgIpc) is 3.33. The van der Waals surface area contributed by atoms with E-state index in [-0.39, 0.29) is 5.91 Å². The zero-order chi connectivity index (χ0) is 24.2. The second-order valence-electron chi connectivity index (χ2n) is 7.80. The number of nitrogens with zero attached hydrogens (tertiary/aromatic N) is 2. The van der Waals surface area contributed by atoms with Crippen LogP contribution in [-0.2, 0) is 22.3 Å². The van der Waals surface area contributed by atoms with Gasteiger partial charge in [-0.15, -0.1) is 0 Å². The molecule has 9 heteroatoms. The summed E-state index contributed by atoms with van der Waals surface area (Å²) in [5.74, 6) is 2.27. The van der Waals surface area contributed by atoms with Gasteiger partial charge in [-0.3, -0.25) is 9.00 Å². The monoisotopic (exact) mass is 483 g/mol. The van der Waals surface area contributed by atoms with Gasteiger partial charge in [-0.25, -0.2) is 4.68 Å². The Balaban J connectivity index is 1.74. The normalized spacial score (nSPS) is 14.5. The molecule has 180 valence electrons. The highest BCUT2D eigenvalue weighted by molar-refractivity contribution is 7.83. The number of hydrogen-bond donors (Lipinski definition) is 1. The Morgan fingerprint density at radius 3 is 2.21 bits per heavy atom. The van der Waals surface area contributed by atoms with Crippen LogP contribution in [0.15, 0.2) is 36.4 Å². The molecule has 1 aliphatic heterocycles. The molecule has 0 spiro atoms. The lowest BCUT2D eigenvalue weighted by atomic mass is 10.1. The number of amides is 1. The standard InChI is InChI=1S/C25H29N3O5S/c1-5-31-21-12-17(13-22(32-6-2)23(21)33-7-3)25(29)26-24-19-14-34(30)15-20(19)27-28(24)18-10-8-16(4)9-11-18/h8-13H,5-7,14-15H2,1-4H3,(H,26,29)/t34-/m0/s1. The average molecular weight is 484 g/mol. The number of nitrogens with one attached hydrogen (secondary N) is 1. The first-order chi connectivity index (χ1) is 16.4. The number of benzene rings is 2. The van der Waals surface area contributed by atoms with Crippen LogP contribution in [0.3, 0.4) is 0 Å². The van der Waals surface area contributed by atoms with Crippen molar-refractivity contribution in [1.82, 2.24) is 9.78 Å². The van der Waals surface area contributed by atoms with Crippen molar-refractivity contribution in [3.05, 3.63) is 58.8 Å². The van der Waals surface area contributed by atoms with Gasteiger partial charge < -0.3 is 19.5 Å². The van der Waals surface area contributed by atoms with Gasteiger partial charge >= 0.3 is 0 Å². The number of anilines is 1. The Kier molecular flexibility index (Phi) is 7.21. The van der Waals surface area contributed by atoms with Gasteiger partial charge in [-0.2, -0.15) is 5.10 Å². The van der Waals surface area contributed by atoms with Crippen molar-refractivity contribution >= 4 is 22.5 Å². The molecular weight excluding hydrogens is 454 g/mol. The fourth-order valence-electron chi connectivity index (χ4n) is 3.83. The second kappa shape index (κ2) is 10.3. The zero-order valence-electron chi connectivity index (χ0n) is 19.8. The second-order valence-corrected chi connectivity index (χ2v) is 9.26. The molecule has 34 heavy (non-hydrogen) atoms. The van der Waals surface area contributed by atoms with E-state index in [0.29, 0.717) is 60.0 Å². The number of carbonyl (C=O) groups excluding carboxylic acids is 1. The molecule has 1 aromatic heterocycles. The van der Waals surface area contributed by atoms with Gasteiger partial charge in [-0.05, 0) is 52.0 Å². The van der Waals surface area contributed by atoms with Crippen LogP contribution in [0.5, 0.6) is 17.2 Å². The Hall–Kier alpha value is -3.33. The van der Waals surface area contributed by atoms with E-state index < -0.39 is 10.8 Å². The highest BCUT2D eigenvalue weighted by atomic mass is 32.2. The van der Waals surface area contributed by atoms with E-state index in [9.17, 15) is 9.00 Å². The van der Waals surface area contributed by atoms with Crippen LogP contribution in [0.2, 0.25) is 0 Å². The lowest BCUT2D eigenvalue weighted by Gasteiger charge is -2.17. The van der Waals surface area contributed by atoms with Gasteiger partial charge in [0.05, 0.1) is 42.7 Å². The first kappa shape index (κ1) is 23.8. The van der Waals surface area contributed by atoms with Crippen molar-refractivity contribution in [3.8, 4) is 22.9 Å². The van der Waals surface area contributed by atoms with Gasteiger partial charge in [-0.1, -0.05) is 17.7 Å². The fourth-order valence-corrected chi connectivity index (χ4v) is 5.09. The van der Waals surface area contributed by atoms with Crippen molar-refractivity contribution in [1.29, 1.82) is 0 Å². The number of fused-ring (bicyclic) bond motifs is 1. The molecule has 8 nitrogen and oxygen atoms in total. The molecular formula is C25H29N3O5S. The number of rotatable bonds is 9. The van der Waals surface area contributed by atoms with Crippen LogP contribution in [0.1, 0.15) is 48.0 Å². The Morgan fingerprint density at radius 2 is 1.62 bits per heavy atom. The minimum Gasteiger partial charge on any atom is -0.490 e. The number of carbonyl (C=O) groups is 1. The molecule has 0 fully saturated rings. The van der Waals surface area contributed by atoms with Crippen LogP contribution in [0, 0.1) is 6.92 Å². The van der Waals surface area contributed by atoms with Crippen LogP contribution in [-0.4, -0.2) is 39.7 Å². The Bertz CT molecular complexity index is 1190. The smallest absolute Gasteiger partial charge is 0.257 e. The maximum atomic E-state index is 13.4. The Morgan fingerprint density at radius 1 is 1.00 bits per heavy atom. The highest BCUT2D eigenvalue weighted by Crippen LogP contribution is 2.40. The predicted molar refractivity (Wildman–Crippen MR) is 132 cm³/mol. The molecule has 0 aliphatic carbocycles. The number of hydrogen-bond acceptors (Lipinski definition) is 6. The lowest BCUT2D eigenvalue weighted by Crippen LogP contribution is -2.17. The summed E-state index contributed by atoms with van der Waals surface area (Å²) in [4.78, 5) is 13.4. The fraction of sp³-hybridized carbons (Fsp3) is 0.360. The molecule has 2 aromatic carbocycles. The van der Waals surface area contributed by atoms with E-state index in [0.717, 1.165) is 22.5 Å². The van der Waals surface area contributed by atoms with Crippen molar-refractivity contribution in [2.45, 2.75) is 39.2 Å². The minimum absolute atomic E-state index is 0.348. The first-order valence-corrected chi connectivity index (χ1v) is 12.8. The van der Waals surface area contributed by atoms with Crippen LogP contribution < -0.4 is 19.5 Å². The maximum absolute atomic E-state index is 13.4. The molecule has 0 unspecified atom stereocenters. The predicted octanol–water partition coefficient (Wildman–Crippen LogP) is 4.39. The number of ether oxygens (including phenoxy) is 3. The molecule has 4 rings (SSSR count). The summed E-state index contributed by atoms with van der Waals surface area (Å²) in [5, 5.41) is 7.67. The van der Waals surface area contributed by atoms with Gasteiger partial charge in [0, 0.05) is 21.9 Å². The maximum Gasteiger partial charge on any atom is 0.257 e. The molecule has 0 radical (unpaired) electrons. The molecule has 0 saturated heterocycles. The summed E-state index contributed by atoms with van der Waals surface area (Å²) >= 11 is 0. The van der Waals surface area contributed by atoms with E-state index in [4.69, 9.17) is 14.2 Å². The molecule has 1 atom stereocenters. The SMILES string of the molecule is CCOc1cc(C(=O)Nc2c3c(nn2-c2ccc(C)cc2)C[S@@](=O)C3)cc(OCC)c1OCC. The quantitative estimate of drug-likeness (QED) is 0.485. The van der Waals surface area contributed by atoms with Crippen LogP contribution in [0.25, 0.3) is 5.69 Å². The van der Waals surface area contributed by atoms with Crippen molar-refractivity contribution in [2.75, 3.05) is 25.1 Å². The van der Waals surface area contributed by atoms with Crippen LogP contribution in [0.4, 0.5) is 5.82 Å². The number of aryl methyl sites for hydroxylation is 1. The highest BCUT2D eigenvalue weighted by Gasteiger charge is 2.29. The van der Waals surface area contributed by atoms with Gasteiger partial charge in [0.15, 0.2) is 11.5 Å². The summed E-state index contributed by atoms with van der Waals surface area (Å²) in [6.45, 7) is 8.88. The summed E-state index contributed by atoms with van der Waals surface area (Å²) in [6.07, 6.45) is 0. The molecule has 0 bridgehead atoms. The van der Waals surface area contributed by atoms with E-state index in [2.05, 4.69) is 10.4 Å². The van der Waals surface area contributed by atoms with Gasteiger partial charge in [0.25, 0.3) is 5.91 Å². The molecule has 1 aliphatic rings. The molecule has 1 N–H and O–H groups in total. The van der Waals surface area contributed by atoms with Gasteiger partial charge in [0.1, 0.15) is 5.82 Å². The molecule has 3 aromatic rings. The third-order valence-corrected chi connectivity index (χ3v) is 6.56. The van der Waals surface area contributed by atoms with E-state index in [1.807, 2.05) is 52.0 Å². The Labute approximate surface area is 201 Å². The van der Waals surface area contributed by atoms with Crippen LogP contribution >= 0.6 is 0 Å². The molecule has 2 heterocycles. The summed E-state index contributed by atoms with van der Waals surface area (Å²) < 4.78 is 31.2. The largest absolute Gasteiger partial charge is 0.490 e. The minimum atomic E-state index is -1.03. The topological polar surface area (TPSA) is 91.7 Å². The lowest BCUT2D eigenvalue weighted by molar-refractivity contribution is 0.102. The first-order valence-electron chi connectivity index (χ1n) is 11.4. The molecule has 1 amide bonds. The summed E-state index contributed by atoms with van der Waals surface area (Å²) in [7, 11) is -1.03.